The number of fused-ring (bicyclic) bond motifs is 1. The van der Waals surface area contributed by atoms with E-state index in [1.165, 1.54) is 28.7 Å². The second kappa shape index (κ2) is 18.5. The highest BCUT2D eigenvalue weighted by Crippen LogP contribution is 2.39. The molecule has 0 saturated heterocycles. The van der Waals surface area contributed by atoms with Gasteiger partial charge in [0.2, 0.25) is 16.4 Å². The number of allylic oxidation sites excluding steroid dienone is 1. The van der Waals surface area contributed by atoms with Crippen LogP contribution >= 0.6 is 34.0 Å². The lowest BCUT2D eigenvalue weighted by molar-refractivity contribution is -0.145. The smallest absolute Gasteiger partial charge is 0.323 e. The van der Waals surface area contributed by atoms with E-state index in [-0.39, 0.29) is 30.5 Å². The third kappa shape index (κ3) is 11.0. The van der Waals surface area contributed by atoms with Gasteiger partial charge in [-0.3, -0.25) is 9.59 Å². The highest BCUT2D eigenvalue weighted by Gasteiger charge is 2.25. The molecule has 0 bridgehead atoms. The molecule has 3 aromatic rings. The van der Waals surface area contributed by atoms with Gasteiger partial charge in [-0.05, 0) is 39.3 Å². The summed E-state index contributed by atoms with van der Waals surface area (Å²) in [6, 6.07) is 9.40. The van der Waals surface area contributed by atoms with Crippen LogP contribution < -0.4 is 15.4 Å². The molecule has 258 valence electrons. The maximum absolute atomic E-state index is 13.4. The van der Waals surface area contributed by atoms with Crippen molar-refractivity contribution in [2.45, 2.75) is 76.6 Å². The lowest BCUT2D eigenvalue weighted by atomic mass is 10.1. The van der Waals surface area contributed by atoms with Gasteiger partial charge in [0.1, 0.15) is 17.7 Å². The summed E-state index contributed by atoms with van der Waals surface area (Å²) in [6.07, 6.45) is 4.73. The number of hydrogen-bond acceptors (Lipinski definition) is 11. The van der Waals surface area contributed by atoms with E-state index >= 15 is 0 Å². The molecular formula is C32H45ClN6O5S3. The molecule has 15 heteroatoms. The molecule has 2 unspecified atom stereocenters. The van der Waals surface area contributed by atoms with Gasteiger partial charge in [-0.2, -0.15) is 4.72 Å². The van der Waals surface area contributed by atoms with Crippen molar-refractivity contribution in [1.82, 2.24) is 19.6 Å². The summed E-state index contributed by atoms with van der Waals surface area (Å²) < 4.78 is 34.9. The van der Waals surface area contributed by atoms with E-state index in [2.05, 4.69) is 28.5 Å². The van der Waals surface area contributed by atoms with Crippen LogP contribution in [0.4, 0.5) is 11.5 Å². The normalized spacial score (nSPS) is 13.3. The Balaban J connectivity index is 0.00000768. The molecule has 3 N–H and O–H groups in total. The van der Waals surface area contributed by atoms with Crippen LogP contribution in [0.15, 0.2) is 58.1 Å². The van der Waals surface area contributed by atoms with E-state index < -0.39 is 22.0 Å². The predicted octanol–water partition coefficient (Wildman–Crippen LogP) is 6.07. The van der Waals surface area contributed by atoms with Crippen LogP contribution in [0.2, 0.25) is 0 Å². The maximum atomic E-state index is 13.4. The first-order valence-corrected chi connectivity index (χ1v) is 18.7. The van der Waals surface area contributed by atoms with Gasteiger partial charge < -0.3 is 20.3 Å². The number of nitrogens with one attached hydrogen (secondary N) is 1. The Bertz CT molecular complexity index is 1670. The molecule has 0 spiro atoms. The summed E-state index contributed by atoms with van der Waals surface area (Å²) in [5.74, 6) is 0.139. The number of nitrogen functional groups attached to an aromatic ring is 1. The van der Waals surface area contributed by atoms with Gasteiger partial charge in [0, 0.05) is 64.6 Å². The van der Waals surface area contributed by atoms with Crippen LogP contribution in [0.25, 0.3) is 10.8 Å². The quantitative estimate of drug-likeness (QED) is 0.0950. The van der Waals surface area contributed by atoms with Crippen molar-refractivity contribution in [3.05, 3.63) is 64.6 Å². The van der Waals surface area contributed by atoms with Crippen molar-refractivity contribution in [3.8, 4) is 0 Å². The summed E-state index contributed by atoms with van der Waals surface area (Å²) in [4.78, 5) is 37.9. The van der Waals surface area contributed by atoms with Crippen LogP contribution in [0.3, 0.4) is 0 Å². The number of anilines is 2. The second-order valence-electron chi connectivity index (χ2n) is 11.1. The maximum Gasteiger partial charge on any atom is 0.323 e. The lowest BCUT2D eigenvalue weighted by Gasteiger charge is -2.23. The first kappa shape index (κ1) is 40.1. The van der Waals surface area contributed by atoms with Gasteiger partial charge in [-0.1, -0.05) is 66.1 Å². The van der Waals surface area contributed by atoms with Crippen LogP contribution in [-0.2, 0) is 30.9 Å². The number of nitrogens with zero attached hydrogens (tertiary/aromatic N) is 4. The zero-order chi connectivity index (χ0) is 34.0. The fourth-order valence-electron chi connectivity index (χ4n) is 4.69. The molecule has 2 atom stereocenters. The van der Waals surface area contributed by atoms with E-state index in [4.69, 9.17) is 10.5 Å². The largest absolute Gasteiger partial charge is 0.464 e. The number of rotatable bonds is 17. The van der Waals surface area contributed by atoms with E-state index in [0.717, 1.165) is 35.2 Å². The van der Waals surface area contributed by atoms with E-state index in [0.29, 0.717) is 40.0 Å². The fourth-order valence-corrected chi connectivity index (χ4v) is 8.87. The van der Waals surface area contributed by atoms with Crippen molar-refractivity contribution >= 4 is 78.7 Å². The minimum Gasteiger partial charge on any atom is -0.464 e. The van der Waals surface area contributed by atoms with Gasteiger partial charge in [0.25, 0.3) is 0 Å². The summed E-state index contributed by atoms with van der Waals surface area (Å²) in [6.45, 7) is 9.47. The molecule has 1 heterocycles. The van der Waals surface area contributed by atoms with Gasteiger partial charge in [-0.25, -0.2) is 18.4 Å². The summed E-state index contributed by atoms with van der Waals surface area (Å²) in [5.41, 5.74) is 8.26. The number of halogens is 1. The number of esters is 1. The van der Waals surface area contributed by atoms with Crippen LogP contribution in [0.5, 0.6) is 0 Å². The van der Waals surface area contributed by atoms with Crippen molar-refractivity contribution in [3.63, 3.8) is 0 Å². The van der Waals surface area contributed by atoms with Gasteiger partial charge in [0.05, 0.1) is 18.0 Å². The Labute approximate surface area is 292 Å². The number of carbonyl (C=O) groups is 2. The molecule has 2 aromatic carbocycles. The Kier molecular flexibility index (Phi) is 15.8. The van der Waals surface area contributed by atoms with Crippen molar-refractivity contribution in [2.75, 3.05) is 31.3 Å². The summed E-state index contributed by atoms with van der Waals surface area (Å²) >= 11 is 0. The SMILES string of the molecule is CCCC(C)SSC(CCOC(=O)C(C)NS(=O)(=O)c1cccc2c(N(C)C)cccc12)=C(C)N(C=O)Cc1cnc(C)nc1N.Cl. The molecule has 47 heavy (non-hydrogen) atoms. The number of sulfonamides is 1. The molecule has 11 nitrogen and oxygen atoms in total. The third-order valence-electron chi connectivity index (χ3n) is 7.22. The number of aryl methyl sites for hydroxylation is 1. The molecule has 0 aliphatic heterocycles. The van der Waals surface area contributed by atoms with Crippen molar-refractivity contribution < 1.29 is 22.7 Å². The van der Waals surface area contributed by atoms with E-state index in [1.807, 2.05) is 38.1 Å². The minimum atomic E-state index is -4.05. The average molecular weight is 725 g/mol. The molecular weight excluding hydrogens is 680 g/mol. The second-order valence-corrected chi connectivity index (χ2v) is 15.5. The van der Waals surface area contributed by atoms with Crippen LogP contribution in [-0.4, -0.2) is 67.7 Å². The predicted molar refractivity (Wildman–Crippen MR) is 196 cm³/mol. The van der Waals surface area contributed by atoms with Gasteiger partial charge in [0.15, 0.2) is 0 Å². The molecule has 0 radical (unpaired) electrons. The van der Waals surface area contributed by atoms with E-state index in [9.17, 15) is 18.0 Å². The number of aromatic nitrogens is 2. The number of hydrogen-bond donors (Lipinski definition) is 2. The van der Waals surface area contributed by atoms with Crippen molar-refractivity contribution in [1.29, 1.82) is 0 Å². The first-order valence-electron chi connectivity index (χ1n) is 15.0. The Morgan fingerprint density at radius 2 is 1.83 bits per heavy atom. The Morgan fingerprint density at radius 1 is 1.15 bits per heavy atom. The number of nitrogens with two attached hydrogens (primary N) is 1. The molecule has 0 saturated carbocycles. The molecule has 0 aliphatic carbocycles. The number of benzene rings is 2. The van der Waals surface area contributed by atoms with E-state index in [1.54, 1.807) is 42.1 Å². The molecule has 0 aliphatic rings. The van der Waals surface area contributed by atoms with Crippen molar-refractivity contribution in [2.24, 2.45) is 0 Å². The van der Waals surface area contributed by atoms with Crippen LogP contribution in [0, 0.1) is 6.92 Å². The lowest BCUT2D eigenvalue weighted by Crippen LogP contribution is -2.39. The highest BCUT2D eigenvalue weighted by molar-refractivity contribution is 8.78. The highest BCUT2D eigenvalue weighted by atomic mass is 35.5. The Hall–Kier alpha value is -3.04. The van der Waals surface area contributed by atoms with Crippen LogP contribution in [0.1, 0.15) is 58.3 Å². The molecule has 1 aromatic heterocycles. The molecule has 1 amide bonds. The topological polar surface area (TPSA) is 148 Å². The number of carbonyl (C=O) groups excluding carboxylic acids is 2. The third-order valence-corrected chi connectivity index (χ3v) is 12.1. The molecule has 0 fully saturated rings. The number of ether oxygens (including phenoxy) is 1. The van der Waals surface area contributed by atoms with Gasteiger partial charge in [-0.15, -0.1) is 12.4 Å². The van der Waals surface area contributed by atoms with Gasteiger partial charge >= 0.3 is 5.97 Å². The molecule has 3 rings (SSSR count). The standard InChI is InChI=1S/C32H44N6O5S3.ClH/c1-8-11-21(2)44-45-29(23(4)38(20-39)19-25-18-34-24(5)35-31(25)33)16-17-43-32(40)22(3)36-46(41,42)30-15-10-12-26-27(30)13-9-14-28(26)37(6)7;/h9-10,12-15,18,20-22,36H,8,11,16-17,19H2,1-7H3,(H2,33,34,35);1H. The average Bonchev–Trinajstić information content (AvgIpc) is 3.01. The zero-order valence-corrected chi connectivity index (χ0v) is 31.1. The number of amides is 1. The summed E-state index contributed by atoms with van der Waals surface area (Å²) in [5, 5.41) is 1.70. The fraction of sp³-hybridized carbons (Fsp3) is 0.438. The first-order chi connectivity index (χ1) is 21.8. The zero-order valence-electron chi connectivity index (χ0n) is 27.8. The summed E-state index contributed by atoms with van der Waals surface area (Å²) in [7, 11) is 2.95. The minimum absolute atomic E-state index is 0. The Morgan fingerprint density at radius 3 is 2.47 bits per heavy atom. The monoisotopic (exact) mass is 724 g/mol.